The van der Waals surface area contributed by atoms with Crippen LogP contribution in [0.15, 0.2) is 12.1 Å². The zero-order valence-corrected chi connectivity index (χ0v) is 13.5. The molecule has 2 heterocycles. The summed E-state index contributed by atoms with van der Waals surface area (Å²) in [6.07, 6.45) is 4.09. The first-order valence-corrected chi connectivity index (χ1v) is 8.48. The predicted octanol–water partition coefficient (Wildman–Crippen LogP) is 3.44. The van der Waals surface area contributed by atoms with Crippen LogP contribution in [0, 0.1) is 5.92 Å². The molecule has 0 spiro atoms. The van der Waals surface area contributed by atoms with E-state index in [2.05, 4.69) is 0 Å². The topological polar surface area (TPSA) is 57.6 Å². The SMILES string of the molecule is O=C(O)CC[C@@H]1CCCN(C(=O)CCc2ccc(Cl)s2)C1. The highest BCUT2D eigenvalue weighted by molar-refractivity contribution is 7.16. The van der Waals surface area contributed by atoms with Crippen LogP contribution in [0.25, 0.3) is 0 Å². The number of hydrogen-bond acceptors (Lipinski definition) is 3. The van der Waals surface area contributed by atoms with Gasteiger partial charge in [0, 0.05) is 30.8 Å². The highest BCUT2D eigenvalue weighted by Crippen LogP contribution is 2.24. The molecule has 1 aromatic heterocycles. The fraction of sp³-hybridized carbons (Fsp3) is 0.600. The van der Waals surface area contributed by atoms with Crippen molar-refractivity contribution in [3.05, 3.63) is 21.3 Å². The van der Waals surface area contributed by atoms with E-state index < -0.39 is 5.97 Å². The standard InChI is InChI=1S/C15H20ClNO3S/c16-13-6-4-12(21-13)5-7-14(18)17-9-1-2-11(10-17)3-8-15(19)20/h4,6,11H,1-3,5,7-10H2,(H,19,20)/t11-/m0/s1. The van der Waals surface area contributed by atoms with Crippen molar-refractivity contribution in [1.29, 1.82) is 0 Å². The fourth-order valence-electron chi connectivity index (χ4n) is 2.73. The molecule has 0 aliphatic carbocycles. The lowest BCUT2D eigenvalue weighted by molar-refractivity contribution is -0.137. The smallest absolute Gasteiger partial charge is 0.303 e. The minimum atomic E-state index is -0.756. The van der Waals surface area contributed by atoms with E-state index in [0.717, 1.165) is 35.0 Å². The lowest BCUT2D eigenvalue weighted by atomic mass is 9.93. The highest BCUT2D eigenvalue weighted by atomic mass is 35.5. The van der Waals surface area contributed by atoms with Crippen LogP contribution in [0.3, 0.4) is 0 Å². The van der Waals surface area contributed by atoms with Gasteiger partial charge in [-0.3, -0.25) is 9.59 Å². The zero-order chi connectivity index (χ0) is 15.2. The summed E-state index contributed by atoms with van der Waals surface area (Å²) in [5.74, 6) is -0.262. The summed E-state index contributed by atoms with van der Waals surface area (Å²) >= 11 is 7.40. The molecule has 6 heteroatoms. The predicted molar refractivity (Wildman–Crippen MR) is 83.8 cm³/mol. The first-order chi connectivity index (χ1) is 10.0. The van der Waals surface area contributed by atoms with E-state index in [-0.39, 0.29) is 12.3 Å². The first-order valence-electron chi connectivity index (χ1n) is 7.28. The molecule has 1 saturated heterocycles. The molecule has 2 rings (SSSR count). The Labute approximate surface area is 133 Å². The van der Waals surface area contributed by atoms with Crippen molar-refractivity contribution in [2.75, 3.05) is 13.1 Å². The molecule has 1 aliphatic heterocycles. The molecule has 4 nitrogen and oxygen atoms in total. The highest BCUT2D eigenvalue weighted by Gasteiger charge is 2.23. The van der Waals surface area contributed by atoms with Crippen LogP contribution in [0.1, 0.15) is 37.0 Å². The van der Waals surface area contributed by atoms with E-state index in [4.69, 9.17) is 16.7 Å². The molecule has 1 aromatic rings. The van der Waals surface area contributed by atoms with Crippen LogP contribution in [0.2, 0.25) is 4.34 Å². The van der Waals surface area contributed by atoms with E-state index >= 15 is 0 Å². The van der Waals surface area contributed by atoms with Crippen LogP contribution in [0.5, 0.6) is 0 Å². The van der Waals surface area contributed by atoms with Crippen molar-refractivity contribution in [2.45, 2.75) is 38.5 Å². The van der Waals surface area contributed by atoms with Crippen LogP contribution in [-0.4, -0.2) is 35.0 Å². The van der Waals surface area contributed by atoms with E-state index in [9.17, 15) is 9.59 Å². The number of thiophene rings is 1. The van der Waals surface area contributed by atoms with E-state index in [0.29, 0.717) is 25.3 Å². The number of likely N-dealkylation sites (tertiary alicyclic amines) is 1. The lowest BCUT2D eigenvalue weighted by Gasteiger charge is -2.32. The van der Waals surface area contributed by atoms with E-state index in [1.54, 1.807) is 0 Å². The average Bonchev–Trinajstić information content (AvgIpc) is 2.88. The number of amides is 1. The monoisotopic (exact) mass is 329 g/mol. The Morgan fingerprint density at radius 1 is 1.38 bits per heavy atom. The molecule has 0 radical (unpaired) electrons. The minimum absolute atomic E-state index is 0.166. The number of nitrogens with zero attached hydrogens (tertiary/aromatic N) is 1. The number of carbonyl (C=O) groups excluding carboxylic acids is 1. The van der Waals surface area contributed by atoms with Gasteiger partial charge in [0.2, 0.25) is 5.91 Å². The zero-order valence-electron chi connectivity index (χ0n) is 11.9. The maximum absolute atomic E-state index is 12.2. The first kappa shape index (κ1) is 16.3. The van der Waals surface area contributed by atoms with Crippen LogP contribution in [-0.2, 0) is 16.0 Å². The van der Waals surface area contributed by atoms with Gasteiger partial charge in [0.05, 0.1) is 4.34 Å². The summed E-state index contributed by atoms with van der Waals surface area (Å²) in [6.45, 7) is 1.50. The van der Waals surface area contributed by atoms with Crippen molar-refractivity contribution < 1.29 is 14.7 Å². The van der Waals surface area contributed by atoms with Gasteiger partial charge >= 0.3 is 5.97 Å². The number of piperidine rings is 1. The van der Waals surface area contributed by atoms with Crippen LogP contribution >= 0.6 is 22.9 Å². The number of aliphatic carboxylic acids is 1. The quantitative estimate of drug-likeness (QED) is 0.869. The van der Waals surface area contributed by atoms with Gasteiger partial charge in [0.1, 0.15) is 0 Å². The molecule has 1 fully saturated rings. The molecule has 0 saturated carbocycles. The molecule has 1 aliphatic rings. The van der Waals surface area contributed by atoms with Crippen LogP contribution < -0.4 is 0 Å². The van der Waals surface area contributed by atoms with Gasteiger partial charge in [-0.15, -0.1) is 11.3 Å². The van der Waals surface area contributed by atoms with Gasteiger partial charge in [0.25, 0.3) is 0 Å². The summed E-state index contributed by atoms with van der Waals surface area (Å²) in [6, 6.07) is 3.82. The normalized spacial score (nSPS) is 18.7. The number of hydrogen-bond donors (Lipinski definition) is 1. The van der Waals surface area contributed by atoms with Crippen molar-refractivity contribution in [1.82, 2.24) is 4.90 Å². The third kappa shape index (κ3) is 5.32. The molecular weight excluding hydrogens is 310 g/mol. The molecule has 0 unspecified atom stereocenters. The molecule has 1 amide bonds. The van der Waals surface area contributed by atoms with Gasteiger partial charge in [-0.2, -0.15) is 0 Å². The summed E-state index contributed by atoms with van der Waals surface area (Å²) in [5.41, 5.74) is 0. The number of rotatable bonds is 6. The molecule has 116 valence electrons. The third-order valence-corrected chi connectivity index (χ3v) is 5.14. The molecule has 1 atom stereocenters. The van der Waals surface area contributed by atoms with Crippen molar-refractivity contribution in [2.24, 2.45) is 5.92 Å². The Morgan fingerprint density at radius 2 is 2.19 bits per heavy atom. The second-order valence-corrected chi connectivity index (χ2v) is 7.29. The maximum Gasteiger partial charge on any atom is 0.303 e. The third-order valence-electron chi connectivity index (χ3n) is 3.85. The van der Waals surface area contributed by atoms with Gasteiger partial charge in [-0.05, 0) is 43.7 Å². The number of carboxylic acid groups (broad SMARTS) is 1. The lowest BCUT2D eigenvalue weighted by Crippen LogP contribution is -2.40. The molecule has 0 aromatic carbocycles. The van der Waals surface area contributed by atoms with E-state index in [1.165, 1.54) is 11.3 Å². The number of carboxylic acids is 1. The summed E-state index contributed by atoms with van der Waals surface area (Å²) in [7, 11) is 0. The summed E-state index contributed by atoms with van der Waals surface area (Å²) in [5, 5.41) is 8.74. The van der Waals surface area contributed by atoms with Crippen LogP contribution in [0.4, 0.5) is 0 Å². The van der Waals surface area contributed by atoms with Crippen molar-refractivity contribution in [3.8, 4) is 0 Å². The second-order valence-electron chi connectivity index (χ2n) is 5.49. The second kappa shape index (κ2) is 7.80. The Kier molecular flexibility index (Phi) is 6.06. The number of aryl methyl sites for hydroxylation is 1. The van der Waals surface area contributed by atoms with Gasteiger partial charge in [-0.1, -0.05) is 11.6 Å². The van der Waals surface area contributed by atoms with Gasteiger partial charge in [0.15, 0.2) is 0 Å². The maximum atomic E-state index is 12.2. The molecule has 0 bridgehead atoms. The largest absolute Gasteiger partial charge is 0.481 e. The Morgan fingerprint density at radius 3 is 2.86 bits per heavy atom. The van der Waals surface area contributed by atoms with Crippen molar-refractivity contribution >= 4 is 34.8 Å². The average molecular weight is 330 g/mol. The molecule has 21 heavy (non-hydrogen) atoms. The van der Waals surface area contributed by atoms with Crippen molar-refractivity contribution in [3.63, 3.8) is 0 Å². The summed E-state index contributed by atoms with van der Waals surface area (Å²) in [4.78, 5) is 25.9. The Balaban J connectivity index is 1.77. The minimum Gasteiger partial charge on any atom is -0.481 e. The summed E-state index contributed by atoms with van der Waals surface area (Å²) < 4.78 is 0.754. The number of halogens is 1. The van der Waals surface area contributed by atoms with Gasteiger partial charge in [-0.25, -0.2) is 0 Å². The van der Waals surface area contributed by atoms with Gasteiger partial charge < -0.3 is 10.0 Å². The molecule has 1 N–H and O–H groups in total. The fourth-order valence-corrected chi connectivity index (χ4v) is 3.82. The molecular formula is C15H20ClNO3S. The Bertz CT molecular complexity index is 503. The van der Waals surface area contributed by atoms with E-state index in [1.807, 2.05) is 17.0 Å². The number of carbonyl (C=O) groups is 2. The Hall–Kier alpha value is -1.07.